The predicted octanol–water partition coefficient (Wildman–Crippen LogP) is 1.95. The largest absolute Gasteiger partial charge is 0.361 e. The van der Waals surface area contributed by atoms with Crippen LogP contribution in [-0.4, -0.2) is 39.3 Å². The first-order valence-electron chi connectivity index (χ1n) is 8.69. The van der Waals surface area contributed by atoms with E-state index in [9.17, 15) is 4.79 Å². The molecule has 25 heavy (non-hydrogen) atoms. The van der Waals surface area contributed by atoms with Crippen LogP contribution in [0.25, 0.3) is 0 Å². The van der Waals surface area contributed by atoms with E-state index in [0.29, 0.717) is 13.0 Å². The van der Waals surface area contributed by atoms with E-state index < -0.39 is 0 Å². The number of aromatic nitrogens is 3. The maximum Gasteiger partial charge on any atom is 0.223 e. The number of nitrogens with one attached hydrogen (secondary N) is 1. The molecule has 1 N–H and O–H groups in total. The van der Waals surface area contributed by atoms with Gasteiger partial charge in [0.05, 0.1) is 17.4 Å². The topological polar surface area (TPSA) is 76.2 Å². The predicted molar refractivity (Wildman–Crippen MR) is 94.0 cm³/mol. The lowest BCUT2D eigenvalue weighted by Crippen LogP contribution is -2.30. The smallest absolute Gasteiger partial charge is 0.223 e. The van der Waals surface area contributed by atoms with Gasteiger partial charge in [0.25, 0.3) is 0 Å². The summed E-state index contributed by atoms with van der Waals surface area (Å²) >= 11 is 0. The van der Waals surface area contributed by atoms with Gasteiger partial charge in [-0.2, -0.15) is 5.10 Å². The average molecular weight is 345 g/mol. The monoisotopic (exact) mass is 345 g/mol. The Kier molecular flexibility index (Phi) is 4.69. The van der Waals surface area contributed by atoms with Crippen molar-refractivity contribution in [3.63, 3.8) is 0 Å². The van der Waals surface area contributed by atoms with Crippen molar-refractivity contribution in [2.24, 2.45) is 13.0 Å². The summed E-state index contributed by atoms with van der Waals surface area (Å²) in [6.07, 6.45) is 0.559. The Balaban J connectivity index is 1.76. The molecule has 1 saturated heterocycles. The molecule has 3 heterocycles. The SMILES string of the molecule is Cc1noc(C)c1CNC[C@@H]1CC(=O)N(C)[C@H]1c1c(C)nn(C)c1C. The van der Waals surface area contributed by atoms with E-state index in [-0.39, 0.29) is 17.9 Å². The maximum atomic E-state index is 12.3. The maximum absolute atomic E-state index is 12.3. The molecule has 7 nitrogen and oxygen atoms in total. The zero-order valence-electron chi connectivity index (χ0n) is 15.9. The van der Waals surface area contributed by atoms with Crippen LogP contribution in [0.3, 0.4) is 0 Å². The Morgan fingerprint density at radius 2 is 1.92 bits per heavy atom. The molecule has 1 aliphatic heterocycles. The molecule has 0 spiro atoms. The average Bonchev–Trinajstić information content (AvgIpc) is 3.10. The molecule has 7 heteroatoms. The lowest BCUT2D eigenvalue weighted by atomic mass is 9.92. The summed E-state index contributed by atoms with van der Waals surface area (Å²) in [4.78, 5) is 14.2. The van der Waals surface area contributed by atoms with Gasteiger partial charge in [-0.25, -0.2) is 0 Å². The lowest BCUT2D eigenvalue weighted by Gasteiger charge is -2.26. The van der Waals surface area contributed by atoms with Crippen molar-refractivity contribution in [2.75, 3.05) is 13.6 Å². The van der Waals surface area contributed by atoms with Crippen LogP contribution in [0.15, 0.2) is 4.52 Å². The van der Waals surface area contributed by atoms with Gasteiger partial charge >= 0.3 is 0 Å². The highest BCUT2D eigenvalue weighted by Gasteiger charge is 2.40. The van der Waals surface area contributed by atoms with E-state index in [1.165, 1.54) is 5.56 Å². The van der Waals surface area contributed by atoms with Gasteiger partial charge in [-0.05, 0) is 27.7 Å². The van der Waals surface area contributed by atoms with E-state index >= 15 is 0 Å². The molecule has 1 fully saturated rings. The van der Waals surface area contributed by atoms with Crippen molar-refractivity contribution in [3.05, 3.63) is 34.0 Å². The molecule has 1 aliphatic rings. The normalized spacial score (nSPS) is 20.7. The summed E-state index contributed by atoms with van der Waals surface area (Å²) in [7, 11) is 3.85. The number of likely N-dealkylation sites (tertiary alicyclic amines) is 1. The number of carbonyl (C=O) groups is 1. The van der Waals surface area contributed by atoms with Gasteiger partial charge in [-0.15, -0.1) is 0 Å². The molecule has 0 bridgehead atoms. The Morgan fingerprint density at radius 3 is 2.48 bits per heavy atom. The third-order valence-electron chi connectivity index (χ3n) is 5.44. The fourth-order valence-electron chi connectivity index (χ4n) is 3.92. The van der Waals surface area contributed by atoms with Crippen LogP contribution in [0.5, 0.6) is 0 Å². The van der Waals surface area contributed by atoms with E-state index in [4.69, 9.17) is 4.52 Å². The minimum Gasteiger partial charge on any atom is -0.361 e. The molecular formula is C18H27N5O2. The van der Waals surface area contributed by atoms with E-state index in [0.717, 1.165) is 35.0 Å². The molecule has 136 valence electrons. The third-order valence-corrected chi connectivity index (χ3v) is 5.44. The molecule has 2 atom stereocenters. The van der Waals surface area contributed by atoms with Crippen molar-refractivity contribution in [3.8, 4) is 0 Å². The van der Waals surface area contributed by atoms with Crippen LogP contribution >= 0.6 is 0 Å². The van der Waals surface area contributed by atoms with Gasteiger partial charge in [-0.1, -0.05) is 5.16 Å². The highest BCUT2D eigenvalue weighted by atomic mass is 16.5. The van der Waals surface area contributed by atoms with Crippen LogP contribution in [0.1, 0.15) is 46.4 Å². The van der Waals surface area contributed by atoms with E-state index in [1.807, 2.05) is 44.4 Å². The summed E-state index contributed by atoms with van der Waals surface area (Å²) in [5.41, 5.74) is 5.32. The molecule has 0 aromatic carbocycles. The third kappa shape index (κ3) is 3.08. The molecule has 2 aromatic heterocycles. The van der Waals surface area contributed by atoms with Gasteiger partial charge < -0.3 is 14.7 Å². The number of hydrogen-bond donors (Lipinski definition) is 1. The van der Waals surface area contributed by atoms with Gasteiger partial charge in [-0.3, -0.25) is 9.48 Å². The number of carbonyl (C=O) groups excluding carboxylic acids is 1. The number of aryl methyl sites for hydroxylation is 4. The Morgan fingerprint density at radius 1 is 1.20 bits per heavy atom. The molecule has 0 unspecified atom stereocenters. The first kappa shape index (κ1) is 17.7. The van der Waals surface area contributed by atoms with Crippen molar-refractivity contribution < 1.29 is 9.32 Å². The Labute approximate surface area is 148 Å². The Hall–Kier alpha value is -2.15. The standard InChI is InChI=1S/C18H27N5O2/c1-10-15(13(4)25-21-10)9-19-8-14-7-16(24)22(5)18(14)17-11(2)20-23(6)12(17)3/h14,18-19H,7-9H2,1-6H3/t14-,18+/m0/s1. The first-order valence-corrected chi connectivity index (χ1v) is 8.69. The second kappa shape index (κ2) is 6.63. The van der Waals surface area contributed by atoms with Crippen LogP contribution in [0, 0.1) is 33.6 Å². The molecule has 0 saturated carbocycles. The minimum absolute atomic E-state index is 0.0679. The molecular weight excluding hydrogens is 318 g/mol. The summed E-state index contributed by atoms with van der Waals surface area (Å²) in [6, 6.07) is 0.0679. The van der Waals surface area contributed by atoms with Crippen molar-refractivity contribution in [2.45, 2.75) is 46.7 Å². The number of hydrogen-bond acceptors (Lipinski definition) is 5. The first-order chi connectivity index (χ1) is 11.8. The number of rotatable bonds is 5. The van der Waals surface area contributed by atoms with Crippen LogP contribution < -0.4 is 5.32 Å². The quantitative estimate of drug-likeness (QED) is 0.896. The van der Waals surface area contributed by atoms with Gasteiger partial charge in [0.15, 0.2) is 0 Å². The number of amides is 1. The zero-order chi connectivity index (χ0) is 18.3. The van der Waals surface area contributed by atoms with E-state index in [2.05, 4.69) is 22.5 Å². The van der Waals surface area contributed by atoms with Crippen LogP contribution in [-0.2, 0) is 18.4 Å². The van der Waals surface area contributed by atoms with E-state index in [1.54, 1.807) is 0 Å². The van der Waals surface area contributed by atoms with Gasteiger partial charge in [0, 0.05) is 56.3 Å². The molecule has 0 radical (unpaired) electrons. The van der Waals surface area contributed by atoms with Gasteiger partial charge in [0.1, 0.15) is 5.76 Å². The fourth-order valence-corrected chi connectivity index (χ4v) is 3.92. The van der Waals surface area contributed by atoms with Crippen LogP contribution in [0.2, 0.25) is 0 Å². The molecule has 3 rings (SSSR count). The Bertz CT molecular complexity index is 772. The van der Waals surface area contributed by atoms with Crippen molar-refractivity contribution in [1.82, 2.24) is 25.2 Å². The molecule has 1 amide bonds. The highest BCUT2D eigenvalue weighted by Crippen LogP contribution is 2.39. The zero-order valence-corrected chi connectivity index (χ0v) is 15.9. The van der Waals surface area contributed by atoms with Crippen molar-refractivity contribution >= 4 is 5.91 Å². The van der Waals surface area contributed by atoms with Crippen molar-refractivity contribution in [1.29, 1.82) is 0 Å². The number of nitrogens with zero attached hydrogens (tertiary/aromatic N) is 4. The molecule has 0 aliphatic carbocycles. The molecule has 2 aromatic rings. The minimum atomic E-state index is 0.0679. The second-order valence-electron chi connectivity index (χ2n) is 7.06. The summed E-state index contributed by atoms with van der Waals surface area (Å²) in [5, 5.41) is 12.0. The summed E-state index contributed by atoms with van der Waals surface area (Å²) in [6.45, 7) is 9.43. The summed E-state index contributed by atoms with van der Waals surface area (Å²) < 4.78 is 7.11. The summed E-state index contributed by atoms with van der Waals surface area (Å²) in [5.74, 6) is 1.26. The van der Waals surface area contributed by atoms with Gasteiger partial charge in [0.2, 0.25) is 5.91 Å². The highest BCUT2D eigenvalue weighted by molar-refractivity contribution is 5.79. The van der Waals surface area contributed by atoms with Crippen LogP contribution in [0.4, 0.5) is 0 Å². The fraction of sp³-hybridized carbons (Fsp3) is 0.611. The lowest BCUT2D eigenvalue weighted by molar-refractivity contribution is -0.127. The second-order valence-corrected chi connectivity index (χ2v) is 7.06.